The van der Waals surface area contributed by atoms with Crippen LogP contribution in [-0.4, -0.2) is 4.98 Å². The molecule has 2 aromatic carbocycles. The maximum Gasteiger partial charge on any atom is 0.227 e. The Balaban J connectivity index is 1.76. The van der Waals surface area contributed by atoms with Gasteiger partial charge in [0.2, 0.25) is 11.4 Å². The molecule has 5 aromatic rings. The Morgan fingerprint density at radius 3 is 2.72 bits per heavy atom. The number of hydrogen-bond acceptors (Lipinski definition) is 2. The SMILES string of the molecule is [2H]C([2H])(c1cc[n+](C)c(-c2cc3c(cc2C)oc2nc4ccccc4cc23)c1)C(C)C. The molecule has 0 bridgehead atoms. The lowest BCUT2D eigenvalue weighted by Crippen LogP contribution is -2.30. The summed E-state index contributed by atoms with van der Waals surface area (Å²) in [6.07, 6.45) is 0.545. The molecule has 0 spiro atoms. The number of benzene rings is 2. The van der Waals surface area contributed by atoms with Crippen molar-refractivity contribution < 1.29 is 11.7 Å². The van der Waals surface area contributed by atoms with Crippen LogP contribution in [0.3, 0.4) is 0 Å². The summed E-state index contributed by atoms with van der Waals surface area (Å²) in [5, 5.41) is 3.09. The van der Waals surface area contributed by atoms with Crippen LogP contribution in [-0.2, 0) is 13.4 Å². The standard InChI is InChI=1S/C26H25N2O/c1-16(2)11-18-9-10-28(4)24(13-18)20-15-21-22-14-19-7-5-6-8-23(19)27-26(22)29-25(21)12-17(20)3/h5-10,12-16H,11H2,1-4H3/q+1/i11D2. The van der Waals surface area contributed by atoms with Crippen molar-refractivity contribution in [1.82, 2.24) is 4.98 Å². The van der Waals surface area contributed by atoms with E-state index in [1.165, 1.54) is 0 Å². The maximum atomic E-state index is 8.53. The minimum Gasteiger partial charge on any atom is -0.438 e. The van der Waals surface area contributed by atoms with Crippen molar-refractivity contribution >= 4 is 33.0 Å². The normalized spacial score (nSPS) is 13.4. The molecule has 0 aliphatic carbocycles. The molecule has 0 saturated carbocycles. The van der Waals surface area contributed by atoms with Gasteiger partial charge in [0.1, 0.15) is 12.6 Å². The van der Waals surface area contributed by atoms with Crippen LogP contribution in [0.2, 0.25) is 0 Å². The first-order valence-electron chi connectivity index (χ1n) is 11.0. The molecule has 3 heterocycles. The Kier molecular flexibility index (Phi) is 3.62. The highest BCUT2D eigenvalue weighted by Crippen LogP contribution is 2.34. The minimum atomic E-state index is -1.40. The molecule has 3 aromatic heterocycles. The highest BCUT2D eigenvalue weighted by atomic mass is 16.3. The second-order valence-corrected chi connectivity index (χ2v) is 8.01. The van der Waals surface area contributed by atoms with E-state index < -0.39 is 6.37 Å². The van der Waals surface area contributed by atoms with Gasteiger partial charge in [0.25, 0.3) is 0 Å². The van der Waals surface area contributed by atoms with Crippen LogP contribution < -0.4 is 4.57 Å². The van der Waals surface area contributed by atoms with Gasteiger partial charge in [0.15, 0.2) is 6.20 Å². The summed E-state index contributed by atoms with van der Waals surface area (Å²) in [5.41, 5.74) is 6.18. The topological polar surface area (TPSA) is 29.9 Å². The third-order valence-corrected chi connectivity index (χ3v) is 5.39. The van der Waals surface area contributed by atoms with Crippen molar-refractivity contribution in [2.24, 2.45) is 13.0 Å². The average Bonchev–Trinajstić information content (AvgIpc) is 3.07. The van der Waals surface area contributed by atoms with Crippen molar-refractivity contribution in [2.75, 3.05) is 0 Å². The Morgan fingerprint density at radius 1 is 1.07 bits per heavy atom. The number of rotatable bonds is 3. The van der Waals surface area contributed by atoms with E-state index in [4.69, 9.17) is 12.1 Å². The van der Waals surface area contributed by atoms with Crippen LogP contribution in [0.4, 0.5) is 0 Å². The van der Waals surface area contributed by atoms with E-state index in [0.29, 0.717) is 11.3 Å². The zero-order chi connectivity index (χ0) is 21.9. The predicted molar refractivity (Wildman–Crippen MR) is 119 cm³/mol. The quantitative estimate of drug-likeness (QED) is 0.351. The molecular weight excluding hydrogens is 356 g/mol. The van der Waals surface area contributed by atoms with Crippen LogP contribution >= 0.6 is 0 Å². The summed E-state index contributed by atoms with van der Waals surface area (Å²) in [4.78, 5) is 4.71. The van der Waals surface area contributed by atoms with Gasteiger partial charge >= 0.3 is 0 Å². The predicted octanol–water partition coefficient (Wildman–Crippen LogP) is 6.13. The fourth-order valence-corrected chi connectivity index (χ4v) is 3.99. The summed E-state index contributed by atoms with van der Waals surface area (Å²) in [6, 6.07) is 18.2. The summed E-state index contributed by atoms with van der Waals surface area (Å²) in [6.45, 7) is 5.90. The van der Waals surface area contributed by atoms with Gasteiger partial charge in [0.05, 0.1) is 5.52 Å². The Morgan fingerprint density at radius 2 is 1.90 bits per heavy atom. The zero-order valence-electron chi connectivity index (χ0n) is 19.2. The summed E-state index contributed by atoms with van der Waals surface area (Å²) < 4.78 is 25.2. The van der Waals surface area contributed by atoms with E-state index in [9.17, 15) is 0 Å². The van der Waals surface area contributed by atoms with Crippen molar-refractivity contribution in [2.45, 2.75) is 27.1 Å². The molecule has 0 amide bonds. The van der Waals surface area contributed by atoms with Gasteiger partial charge < -0.3 is 4.42 Å². The molecule has 5 rings (SSSR count). The van der Waals surface area contributed by atoms with Gasteiger partial charge in [-0.15, -0.1) is 0 Å². The van der Waals surface area contributed by atoms with Crippen molar-refractivity contribution in [3.8, 4) is 11.3 Å². The van der Waals surface area contributed by atoms with Crippen LogP contribution in [0.15, 0.2) is 65.2 Å². The number of nitrogens with zero attached hydrogens (tertiary/aromatic N) is 2. The lowest BCUT2D eigenvalue weighted by molar-refractivity contribution is -0.660. The second kappa shape index (κ2) is 6.70. The van der Waals surface area contributed by atoms with E-state index in [2.05, 4.69) is 31.2 Å². The molecule has 0 aliphatic heterocycles. The number of furan rings is 1. The highest BCUT2D eigenvalue weighted by molar-refractivity contribution is 6.08. The summed E-state index contributed by atoms with van der Waals surface area (Å²) >= 11 is 0. The number of para-hydroxylation sites is 1. The smallest absolute Gasteiger partial charge is 0.227 e. The molecule has 0 atom stereocenters. The summed E-state index contributed by atoms with van der Waals surface area (Å²) in [5.74, 6) is -0.117. The first-order chi connectivity index (χ1) is 14.8. The van der Waals surface area contributed by atoms with E-state index in [-0.39, 0.29) is 5.92 Å². The van der Waals surface area contributed by atoms with E-state index in [1.807, 2.05) is 62.0 Å². The lowest BCUT2D eigenvalue weighted by atomic mass is 9.98. The molecule has 0 unspecified atom stereocenters. The number of pyridine rings is 2. The third-order valence-electron chi connectivity index (χ3n) is 5.39. The van der Waals surface area contributed by atoms with Gasteiger partial charge in [-0.2, -0.15) is 0 Å². The summed E-state index contributed by atoms with van der Waals surface area (Å²) in [7, 11) is 2.00. The Labute approximate surface area is 173 Å². The van der Waals surface area contributed by atoms with Gasteiger partial charge in [-0.1, -0.05) is 32.0 Å². The first kappa shape index (κ1) is 15.7. The van der Waals surface area contributed by atoms with Gasteiger partial charge in [-0.3, -0.25) is 0 Å². The minimum absolute atomic E-state index is 0.117. The zero-order valence-corrected chi connectivity index (χ0v) is 17.2. The molecule has 3 nitrogen and oxygen atoms in total. The molecular formula is C26H25N2O+. The monoisotopic (exact) mass is 383 g/mol. The largest absolute Gasteiger partial charge is 0.438 e. The van der Waals surface area contributed by atoms with E-state index in [0.717, 1.165) is 44.1 Å². The molecule has 0 N–H and O–H groups in total. The number of fused-ring (bicyclic) bond motifs is 4. The molecule has 0 fully saturated rings. The first-order valence-corrected chi connectivity index (χ1v) is 9.99. The van der Waals surface area contributed by atoms with Gasteiger partial charge in [0, 0.05) is 36.6 Å². The van der Waals surface area contributed by atoms with Crippen molar-refractivity contribution in [3.63, 3.8) is 0 Å². The molecule has 0 radical (unpaired) electrons. The lowest BCUT2D eigenvalue weighted by Gasteiger charge is -2.08. The fraction of sp³-hybridized carbons (Fsp3) is 0.231. The molecule has 0 aliphatic rings. The Bertz CT molecular complexity index is 1470. The van der Waals surface area contributed by atoms with Crippen LogP contribution in [0.1, 0.15) is 27.7 Å². The second-order valence-electron chi connectivity index (χ2n) is 8.01. The van der Waals surface area contributed by atoms with Crippen LogP contribution in [0.5, 0.6) is 0 Å². The van der Waals surface area contributed by atoms with Crippen LogP contribution in [0.25, 0.3) is 44.2 Å². The Hall–Kier alpha value is -3.20. The maximum absolute atomic E-state index is 8.53. The van der Waals surface area contributed by atoms with E-state index in [1.54, 1.807) is 0 Å². The van der Waals surface area contributed by atoms with Crippen molar-refractivity contribution in [3.05, 3.63) is 71.9 Å². The third kappa shape index (κ3) is 3.07. The number of hydrogen-bond donors (Lipinski definition) is 0. The molecule has 0 saturated heterocycles. The average molecular weight is 384 g/mol. The van der Waals surface area contributed by atoms with Gasteiger partial charge in [-0.05, 0) is 54.6 Å². The van der Waals surface area contributed by atoms with Crippen molar-refractivity contribution in [1.29, 1.82) is 0 Å². The molecule has 144 valence electrons. The number of aryl methyl sites for hydroxylation is 2. The number of aromatic nitrogens is 2. The van der Waals surface area contributed by atoms with Crippen LogP contribution in [0, 0.1) is 12.8 Å². The van der Waals surface area contributed by atoms with E-state index >= 15 is 0 Å². The van der Waals surface area contributed by atoms with Gasteiger partial charge in [-0.25, -0.2) is 9.55 Å². The molecule has 3 heteroatoms. The highest BCUT2D eigenvalue weighted by Gasteiger charge is 2.18. The fourth-order valence-electron chi connectivity index (χ4n) is 3.99. The molecule has 29 heavy (non-hydrogen) atoms.